The van der Waals surface area contributed by atoms with E-state index in [1.54, 1.807) is 0 Å². The number of hydrogen-bond donors (Lipinski definition) is 1. The van der Waals surface area contributed by atoms with Gasteiger partial charge in [0.1, 0.15) is 0 Å². The molecule has 1 fully saturated rings. The lowest BCUT2D eigenvalue weighted by Gasteiger charge is -2.27. The van der Waals surface area contributed by atoms with Crippen molar-refractivity contribution in [3.05, 3.63) is 0 Å². The van der Waals surface area contributed by atoms with Crippen molar-refractivity contribution in [1.82, 2.24) is 9.80 Å². The molecule has 0 aromatic heterocycles. The third kappa shape index (κ3) is 6.00. The summed E-state index contributed by atoms with van der Waals surface area (Å²) < 4.78 is 5.22. The highest BCUT2D eigenvalue weighted by molar-refractivity contribution is 5.76. The molecule has 17 heavy (non-hydrogen) atoms. The lowest BCUT2D eigenvalue weighted by atomic mass is 10.2. The first kappa shape index (κ1) is 14.4. The lowest BCUT2D eigenvalue weighted by molar-refractivity contribution is -0.135. The topological polar surface area (TPSA) is 58.8 Å². The van der Waals surface area contributed by atoms with Gasteiger partial charge in [-0.15, -0.1) is 0 Å². The number of nitrogens with zero attached hydrogens (tertiary/aromatic N) is 2. The van der Waals surface area contributed by atoms with Gasteiger partial charge in [0.05, 0.1) is 13.2 Å². The maximum Gasteiger partial charge on any atom is 0.222 e. The van der Waals surface area contributed by atoms with Crippen molar-refractivity contribution in [2.75, 3.05) is 53.0 Å². The molecule has 1 saturated heterocycles. The van der Waals surface area contributed by atoms with E-state index in [0.29, 0.717) is 19.6 Å². The Labute approximate surface area is 104 Å². The van der Waals surface area contributed by atoms with Crippen molar-refractivity contribution < 1.29 is 9.53 Å². The number of hydrogen-bond acceptors (Lipinski definition) is 4. The summed E-state index contributed by atoms with van der Waals surface area (Å²) in [5, 5.41) is 0. The summed E-state index contributed by atoms with van der Waals surface area (Å²) in [7, 11) is 2.08. The standard InChI is InChI=1S/C12H25N3O2/c1-14(7-3-5-13)6-2-4-12(16)15-8-10-17-11-9-15/h2-11,13H2,1H3. The molecular weight excluding hydrogens is 218 g/mol. The second kappa shape index (κ2) is 8.44. The fourth-order valence-corrected chi connectivity index (χ4v) is 1.94. The van der Waals surface area contributed by atoms with Gasteiger partial charge in [0, 0.05) is 19.5 Å². The minimum atomic E-state index is 0.264. The Kier molecular flexibility index (Phi) is 7.16. The van der Waals surface area contributed by atoms with Crippen LogP contribution in [0.25, 0.3) is 0 Å². The first-order chi connectivity index (χ1) is 8.24. The Balaban J connectivity index is 2.06. The minimum Gasteiger partial charge on any atom is -0.378 e. The molecule has 2 N–H and O–H groups in total. The van der Waals surface area contributed by atoms with Gasteiger partial charge in [-0.1, -0.05) is 0 Å². The van der Waals surface area contributed by atoms with Gasteiger partial charge in [0.15, 0.2) is 0 Å². The minimum absolute atomic E-state index is 0.264. The summed E-state index contributed by atoms with van der Waals surface area (Å²) in [6.07, 6.45) is 2.60. The van der Waals surface area contributed by atoms with Gasteiger partial charge in [-0.05, 0) is 39.5 Å². The molecule has 0 aliphatic carbocycles. The number of carbonyl (C=O) groups is 1. The molecular formula is C12H25N3O2. The molecule has 0 unspecified atom stereocenters. The summed E-state index contributed by atoms with van der Waals surface area (Å²) in [5.74, 6) is 0.264. The molecule has 5 heteroatoms. The third-order valence-corrected chi connectivity index (χ3v) is 3.04. The van der Waals surface area contributed by atoms with E-state index >= 15 is 0 Å². The van der Waals surface area contributed by atoms with E-state index in [-0.39, 0.29) is 5.91 Å². The average Bonchev–Trinajstić information content (AvgIpc) is 2.37. The average molecular weight is 243 g/mol. The molecule has 0 aromatic rings. The van der Waals surface area contributed by atoms with Crippen molar-refractivity contribution in [2.45, 2.75) is 19.3 Å². The quantitative estimate of drug-likeness (QED) is 0.679. The Morgan fingerprint density at radius 3 is 2.59 bits per heavy atom. The highest BCUT2D eigenvalue weighted by atomic mass is 16.5. The highest BCUT2D eigenvalue weighted by Gasteiger charge is 2.16. The number of amides is 1. The maximum atomic E-state index is 11.8. The van der Waals surface area contributed by atoms with Crippen LogP contribution in [0.3, 0.4) is 0 Å². The smallest absolute Gasteiger partial charge is 0.222 e. The monoisotopic (exact) mass is 243 g/mol. The van der Waals surface area contributed by atoms with Crippen molar-refractivity contribution in [3.8, 4) is 0 Å². The van der Waals surface area contributed by atoms with Gasteiger partial charge < -0.3 is 20.3 Å². The van der Waals surface area contributed by atoms with Crippen LogP contribution in [-0.2, 0) is 9.53 Å². The van der Waals surface area contributed by atoms with Crippen LogP contribution in [0.1, 0.15) is 19.3 Å². The van der Waals surface area contributed by atoms with E-state index in [4.69, 9.17) is 10.5 Å². The Bertz CT molecular complexity index is 218. The first-order valence-corrected chi connectivity index (χ1v) is 6.48. The normalized spacial score (nSPS) is 16.5. The molecule has 100 valence electrons. The summed E-state index contributed by atoms with van der Waals surface area (Å²) >= 11 is 0. The molecule has 1 aliphatic heterocycles. The molecule has 0 saturated carbocycles. The van der Waals surface area contributed by atoms with E-state index in [0.717, 1.165) is 45.6 Å². The van der Waals surface area contributed by atoms with Crippen molar-refractivity contribution >= 4 is 5.91 Å². The molecule has 0 spiro atoms. The predicted octanol–water partition coefficient (Wildman–Crippen LogP) is -0.0940. The Hall–Kier alpha value is -0.650. The molecule has 1 rings (SSSR count). The Morgan fingerprint density at radius 1 is 1.29 bits per heavy atom. The number of nitrogens with two attached hydrogens (primary N) is 1. The summed E-state index contributed by atoms with van der Waals surface area (Å²) in [4.78, 5) is 16.0. The summed E-state index contributed by atoms with van der Waals surface area (Å²) in [5.41, 5.74) is 5.45. The fraction of sp³-hybridized carbons (Fsp3) is 0.917. The molecule has 5 nitrogen and oxygen atoms in total. The molecule has 0 aromatic carbocycles. The molecule has 1 amide bonds. The second-order valence-electron chi connectivity index (χ2n) is 4.54. The SMILES string of the molecule is CN(CCCN)CCCC(=O)N1CCOCC1. The van der Waals surface area contributed by atoms with Gasteiger partial charge in [-0.25, -0.2) is 0 Å². The molecule has 0 radical (unpaired) electrons. The molecule has 0 atom stereocenters. The van der Waals surface area contributed by atoms with E-state index in [9.17, 15) is 4.79 Å². The Morgan fingerprint density at radius 2 is 1.94 bits per heavy atom. The van der Waals surface area contributed by atoms with Crippen molar-refractivity contribution in [2.24, 2.45) is 5.73 Å². The number of rotatable bonds is 7. The van der Waals surface area contributed by atoms with Crippen LogP contribution in [0.15, 0.2) is 0 Å². The van der Waals surface area contributed by atoms with Crippen LogP contribution in [-0.4, -0.2) is 68.7 Å². The van der Waals surface area contributed by atoms with E-state index in [1.807, 2.05) is 4.90 Å². The van der Waals surface area contributed by atoms with Gasteiger partial charge >= 0.3 is 0 Å². The zero-order valence-electron chi connectivity index (χ0n) is 10.9. The predicted molar refractivity (Wildman–Crippen MR) is 67.8 cm³/mol. The molecule has 1 aliphatic rings. The van der Waals surface area contributed by atoms with Gasteiger partial charge in [-0.3, -0.25) is 4.79 Å². The van der Waals surface area contributed by atoms with E-state index < -0.39 is 0 Å². The van der Waals surface area contributed by atoms with Crippen molar-refractivity contribution in [1.29, 1.82) is 0 Å². The summed E-state index contributed by atoms with van der Waals surface area (Å²) in [6, 6.07) is 0. The zero-order valence-corrected chi connectivity index (χ0v) is 10.9. The van der Waals surface area contributed by atoms with Crippen LogP contribution < -0.4 is 5.73 Å². The highest BCUT2D eigenvalue weighted by Crippen LogP contribution is 2.03. The van der Waals surface area contributed by atoms with Gasteiger partial charge in [0.2, 0.25) is 5.91 Å². The number of carbonyl (C=O) groups excluding carboxylic acids is 1. The van der Waals surface area contributed by atoms with Crippen LogP contribution in [0, 0.1) is 0 Å². The van der Waals surface area contributed by atoms with Crippen LogP contribution in [0.2, 0.25) is 0 Å². The second-order valence-corrected chi connectivity index (χ2v) is 4.54. The molecule has 1 heterocycles. The van der Waals surface area contributed by atoms with Crippen LogP contribution in [0.5, 0.6) is 0 Å². The zero-order chi connectivity index (χ0) is 12.5. The summed E-state index contributed by atoms with van der Waals surface area (Å²) in [6.45, 7) is 5.59. The lowest BCUT2D eigenvalue weighted by Crippen LogP contribution is -2.40. The maximum absolute atomic E-state index is 11.8. The van der Waals surface area contributed by atoms with Gasteiger partial charge in [-0.2, -0.15) is 0 Å². The largest absolute Gasteiger partial charge is 0.378 e. The third-order valence-electron chi connectivity index (χ3n) is 3.04. The van der Waals surface area contributed by atoms with E-state index in [1.165, 1.54) is 0 Å². The molecule has 0 bridgehead atoms. The van der Waals surface area contributed by atoms with Crippen LogP contribution >= 0.6 is 0 Å². The van der Waals surface area contributed by atoms with Crippen molar-refractivity contribution in [3.63, 3.8) is 0 Å². The first-order valence-electron chi connectivity index (χ1n) is 6.48. The van der Waals surface area contributed by atoms with E-state index in [2.05, 4.69) is 11.9 Å². The fourth-order valence-electron chi connectivity index (χ4n) is 1.94. The number of ether oxygens (including phenoxy) is 1. The van der Waals surface area contributed by atoms with Crippen LogP contribution in [0.4, 0.5) is 0 Å². The van der Waals surface area contributed by atoms with Gasteiger partial charge in [0.25, 0.3) is 0 Å². The number of morpholine rings is 1.